The Balaban J connectivity index is 1.62. The van der Waals surface area contributed by atoms with Crippen molar-refractivity contribution in [2.75, 3.05) is 24.5 Å². The van der Waals surface area contributed by atoms with Crippen molar-refractivity contribution in [1.29, 1.82) is 0 Å². The van der Waals surface area contributed by atoms with Gasteiger partial charge in [-0.2, -0.15) is 0 Å². The summed E-state index contributed by atoms with van der Waals surface area (Å²) in [5.41, 5.74) is 0. The van der Waals surface area contributed by atoms with E-state index in [1.807, 2.05) is 4.90 Å². The Morgan fingerprint density at radius 1 is 1.25 bits per heavy atom. The zero-order valence-corrected chi connectivity index (χ0v) is 16.5. The fourth-order valence-corrected chi connectivity index (χ4v) is 3.40. The molecule has 1 fully saturated rings. The van der Waals surface area contributed by atoms with Crippen molar-refractivity contribution in [2.24, 2.45) is 0 Å². The number of hydrogen-bond acceptors (Lipinski definition) is 5. The summed E-state index contributed by atoms with van der Waals surface area (Å²) in [6.07, 6.45) is 5.18. The first-order chi connectivity index (χ1) is 13.6. The molecule has 28 heavy (non-hydrogen) atoms. The molecule has 3 rings (SSSR count). The minimum atomic E-state index is -0.438. The van der Waals surface area contributed by atoms with Gasteiger partial charge in [0.15, 0.2) is 11.6 Å². The topological polar surface area (TPSA) is 58.6 Å². The van der Waals surface area contributed by atoms with Gasteiger partial charge in [0.25, 0.3) is 0 Å². The number of carbonyl (C=O) groups is 1. The quantitative estimate of drug-likeness (QED) is 0.673. The largest absolute Gasteiger partial charge is 0.436 e. The van der Waals surface area contributed by atoms with E-state index in [1.54, 1.807) is 24.3 Å². The highest BCUT2D eigenvalue weighted by molar-refractivity contribution is 5.76. The van der Waals surface area contributed by atoms with Crippen LogP contribution in [-0.2, 0) is 4.79 Å². The van der Waals surface area contributed by atoms with Crippen LogP contribution in [0.2, 0.25) is 0 Å². The lowest BCUT2D eigenvalue weighted by atomic mass is 10.1. The minimum absolute atomic E-state index is 0.105. The van der Waals surface area contributed by atoms with Crippen LogP contribution in [0.15, 0.2) is 36.7 Å². The number of rotatable bonds is 7. The van der Waals surface area contributed by atoms with E-state index in [2.05, 4.69) is 28.7 Å². The molecule has 1 amide bonds. The summed E-state index contributed by atoms with van der Waals surface area (Å²) in [6, 6.07) is 8.03. The maximum atomic E-state index is 13.8. The number of hydrogen-bond donors (Lipinski definition) is 0. The van der Waals surface area contributed by atoms with Crippen LogP contribution in [0.4, 0.5) is 10.2 Å². The zero-order chi connectivity index (χ0) is 19.9. The molecule has 1 aromatic heterocycles. The molecule has 0 aliphatic carbocycles. The van der Waals surface area contributed by atoms with E-state index in [0.29, 0.717) is 37.8 Å². The van der Waals surface area contributed by atoms with E-state index in [-0.39, 0.29) is 17.7 Å². The molecule has 1 aliphatic heterocycles. The third-order valence-corrected chi connectivity index (χ3v) is 4.94. The second-order valence-corrected chi connectivity index (χ2v) is 7.09. The number of carbonyl (C=O) groups excluding carboxylic acids is 1. The first-order valence-electron chi connectivity index (χ1n) is 9.87. The number of aromatic nitrogens is 2. The predicted molar refractivity (Wildman–Crippen MR) is 106 cm³/mol. The maximum absolute atomic E-state index is 13.8. The third-order valence-electron chi connectivity index (χ3n) is 4.94. The van der Waals surface area contributed by atoms with Gasteiger partial charge in [0.05, 0.1) is 0 Å². The summed E-state index contributed by atoms with van der Waals surface area (Å²) in [5.74, 6) is 0.924. The number of benzene rings is 1. The molecule has 2 heterocycles. The van der Waals surface area contributed by atoms with Crippen molar-refractivity contribution < 1.29 is 13.9 Å². The fraction of sp³-hybridized carbons (Fsp3) is 0.476. The average Bonchev–Trinajstić information content (AvgIpc) is 2.70. The SMILES string of the molecule is CCCCCC(=O)N1CCN(c2cc(Oc3ccccc3F)ncn2)C[C@H]1C. The second-order valence-electron chi connectivity index (χ2n) is 7.09. The van der Waals surface area contributed by atoms with Crippen molar-refractivity contribution >= 4 is 11.7 Å². The molecule has 1 atom stereocenters. The second kappa shape index (κ2) is 9.48. The van der Waals surface area contributed by atoms with E-state index in [1.165, 1.54) is 12.4 Å². The summed E-state index contributed by atoms with van der Waals surface area (Å²) in [6.45, 7) is 6.24. The highest BCUT2D eigenvalue weighted by Gasteiger charge is 2.27. The van der Waals surface area contributed by atoms with E-state index in [0.717, 1.165) is 19.3 Å². The Bertz CT molecular complexity index is 801. The monoisotopic (exact) mass is 386 g/mol. The molecule has 0 unspecified atom stereocenters. The van der Waals surface area contributed by atoms with E-state index in [9.17, 15) is 9.18 Å². The normalized spacial score (nSPS) is 16.9. The van der Waals surface area contributed by atoms with Crippen LogP contribution in [0.25, 0.3) is 0 Å². The molecule has 1 aromatic carbocycles. The van der Waals surface area contributed by atoms with Crippen LogP contribution in [-0.4, -0.2) is 46.5 Å². The molecule has 0 spiro atoms. The van der Waals surface area contributed by atoms with Gasteiger partial charge in [0, 0.05) is 38.2 Å². The zero-order valence-electron chi connectivity index (χ0n) is 16.5. The molecule has 0 saturated carbocycles. The van der Waals surface area contributed by atoms with Gasteiger partial charge in [-0.15, -0.1) is 0 Å². The van der Waals surface area contributed by atoms with E-state index < -0.39 is 5.82 Å². The number of unbranched alkanes of at least 4 members (excludes halogenated alkanes) is 2. The summed E-state index contributed by atoms with van der Waals surface area (Å²) in [5, 5.41) is 0. The van der Waals surface area contributed by atoms with E-state index >= 15 is 0 Å². The molecule has 1 saturated heterocycles. The van der Waals surface area contributed by atoms with Gasteiger partial charge in [-0.1, -0.05) is 31.9 Å². The Morgan fingerprint density at radius 2 is 2.07 bits per heavy atom. The van der Waals surface area contributed by atoms with Crippen LogP contribution >= 0.6 is 0 Å². The lowest BCUT2D eigenvalue weighted by molar-refractivity contribution is -0.133. The number of nitrogens with zero attached hydrogens (tertiary/aromatic N) is 4. The molecule has 6 nitrogen and oxygen atoms in total. The molecule has 150 valence electrons. The van der Waals surface area contributed by atoms with Crippen LogP contribution in [0, 0.1) is 5.82 Å². The number of amides is 1. The standard InChI is InChI=1S/C21H27FN4O2/c1-3-4-5-10-21(27)26-12-11-25(14-16(26)2)19-13-20(24-15-23-19)28-18-9-7-6-8-17(18)22/h6-9,13,15-16H,3-5,10-12,14H2,1-2H3/t16-/m1/s1. The van der Waals surface area contributed by atoms with Crippen molar-refractivity contribution in [2.45, 2.75) is 45.6 Å². The van der Waals surface area contributed by atoms with Crippen LogP contribution in [0.5, 0.6) is 11.6 Å². The lowest BCUT2D eigenvalue weighted by Crippen LogP contribution is -2.54. The minimum Gasteiger partial charge on any atom is -0.436 e. The third kappa shape index (κ3) is 4.97. The number of halogens is 1. The summed E-state index contributed by atoms with van der Waals surface area (Å²) in [4.78, 5) is 24.9. The smallest absolute Gasteiger partial charge is 0.224 e. The summed E-state index contributed by atoms with van der Waals surface area (Å²) < 4.78 is 19.4. The van der Waals surface area contributed by atoms with Gasteiger partial charge < -0.3 is 14.5 Å². The molecule has 0 N–H and O–H groups in total. The number of ether oxygens (including phenoxy) is 1. The van der Waals surface area contributed by atoms with Crippen molar-refractivity contribution in [3.8, 4) is 11.6 Å². The van der Waals surface area contributed by atoms with Crippen molar-refractivity contribution in [3.63, 3.8) is 0 Å². The Hall–Kier alpha value is -2.70. The first kappa shape index (κ1) is 20.0. The number of para-hydroxylation sites is 1. The van der Waals surface area contributed by atoms with Gasteiger partial charge in [-0.25, -0.2) is 14.4 Å². The van der Waals surface area contributed by atoms with Gasteiger partial charge in [0.2, 0.25) is 11.8 Å². The molecular formula is C21H27FN4O2. The summed E-state index contributed by atoms with van der Waals surface area (Å²) in [7, 11) is 0. The number of anilines is 1. The lowest BCUT2D eigenvalue weighted by Gasteiger charge is -2.40. The van der Waals surface area contributed by atoms with Crippen molar-refractivity contribution in [3.05, 3.63) is 42.5 Å². The van der Waals surface area contributed by atoms with Gasteiger partial charge in [-0.3, -0.25) is 4.79 Å². The molecule has 0 bridgehead atoms. The first-order valence-corrected chi connectivity index (χ1v) is 9.87. The van der Waals surface area contributed by atoms with Gasteiger partial charge in [-0.05, 0) is 25.5 Å². The Labute approximate surface area is 165 Å². The molecule has 2 aromatic rings. The Morgan fingerprint density at radius 3 is 2.82 bits per heavy atom. The molecule has 0 radical (unpaired) electrons. The van der Waals surface area contributed by atoms with Crippen molar-refractivity contribution in [1.82, 2.24) is 14.9 Å². The predicted octanol–water partition coefficient (Wildman–Crippen LogP) is 4.03. The fourth-order valence-electron chi connectivity index (χ4n) is 3.40. The molecule has 7 heteroatoms. The van der Waals surface area contributed by atoms with E-state index in [4.69, 9.17) is 4.74 Å². The summed E-state index contributed by atoms with van der Waals surface area (Å²) >= 11 is 0. The number of piperazine rings is 1. The Kier molecular flexibility index (Phi) is 6.79. The molecule has 1 aliphatic rings. The van der Waals surface area contributed by atoms with Gasteiger partial charge in [0.1, 0.15) is 12.1 Å². The highest BCUT2D eigenvalue weighted by atomic mass is 19.1. The van der Waals surface area contributed by atoms with Gasteiger partial charge >= 0.3 is 0 Å². The van der Waals surface area contributed by atoms with Crippen LogP contribution in [0.1, 0.15) is 39.5 Å². The van der Waals surface area contributed by atoms with Crippen LogP contribution < -0.4 is 9.64 Å². The highest BCUT2D eigenvalue weighted by Crippen LogP contribution is 2.25. The maximum Gasteiger partial charge on any atom is 0.224 e. The molecular weight excluding hydrogens is 359 g/mol. The average molecular weight is 386 g/mol. The van der Waals surface area contributed by atoms with Crippen LogP contribution in [0.3, 0.4) is 0 Å².